The van der Waals surface area contributed by atoms with Gasteiger partial charge in [0.2, 0.25) is 0 Å². The number of phenols is 2. The summed E-state index contributed by atoms with van der Waals surface area (Å²) >= 11 is 1.64. The van der Waals surface area contributed by atoms with E-state index in [1.54, 1.807) is 29.7 Å². The molecule has 1 aliphatic heterocycles. The zero-order chi connectivity index (χ0) is 20.4. The Hall–Kier alpha value is -3.45. The maximum absolute atomic E-state index is 13.1. The maximum atomic E-state index is 13.1. The Morgan fingerprint density at radius 2 is 1.62 bits per heavy atom. The molecule has 146 valence electrons. The van der Waals surface area contributed by atoms with Gasteiger partial charge in [0.15, 0.2) is 0 Å². The zero-order valence-electron chi connectivity index (χ0n) is 15.7. The standard InChI is InChI=1S/C22H19N3O3S/c1-14(16-11-10-15(26)12-19(16)27)24-23-13-22(28)25-17-6-2-4-8-20(17)29-21-9-5-3-7-18(21)25/h2-12,23,26-27H,13H2,1H3/b24-14-. The third kappa shape index (κ3) is 3.77. The fourth-order valence-electron chi connectivity index (χ4n) is 3.16. The summed E-state index contributed by atoms with van der Waals surface area (Å²) in [4.78, 5) is 16.8. The molecule has 0 aliphatic carbocycles. The van der Waals surface area contributed by atoms with Crippen LogP contribution in [0.5, 0.6) is 11.5 Å². The van der Waals surface area contributed by atoms with Crippen LogP contribution < -0.4 is 10.3 Å². The van der Waals surface area contributed by atoms with Crippen molar-refractivity contribution in [3.63, 3.8) is 0 Å². The number of nitrogens with zero attached hydrogens (tertiary/aromatic N) is 2. The van der Waals surface area contributed by atoms with Gasteiger partial charge in [0.1, 0.15) is 18.0 Å². The van der Waals surface area contributed by atoms with Crippen LogP contribution in [0.1, 0.15) is 12.5 Å². The lowest BCUT2D eigenvalue weighted by Crippen LogP contribution is -2.35. The molecule has 1 amide bonds. The Bertz CT molecular complexity index is 1070. The number of carbonyl (C=O) groups is 1. The quantitative estimate of drug-likeness (QED) is 0.447. The molecular weight excluding hydrogens is 386 g/mol. The van der Waals surface area contributed by atoms with E-state index in [1.807, 2.05) is 48.5 Å². The van der Waals surface area contributed by atoms with Gasteiger partial charge in [0, 0.05) is 21.4 Å². The lowest BCUT2D eigenvalue weighted by Gasteiger charge is -2.30. The molecule has 0 fully saturated rings. The Balaban J connectivity index is 1.55. The molecule has 0 radical (unpaired) electrons. The molecule has 0 aromatic heterocycles. The summed E-state index contributed by atoms with van der Waals surface area (Å²) < 4.78 is 0. The van der Waals surface area contributed by atoms with Crippen molar-refractivity contribution in [1.29, 1.82) is 0 Å². The van der Waals surface area contributed by atoms with Crippen molar-refractivity contribution in [2.75, 3.05) is 11.4 Å². The number of phenolic OH excluding ortho intramolecular Hbond substituents is 2. The number of carbonyl (C=O) groups excluding carboxylic acids is 1. The van der Waals surface area contributed by atoms with Gasteiger partial charge >= 0.3 is 0 Å². The van der Waals surface area contributed by atoms with E-state index in [-0.39, 0.29) is 24.0 Å². The van der Waals surface area contributed by atoms with E-state index in [4.69, 9.17) is 0 Å². The predicted molar refractivity (Wildman–Crippen MR) is 114 cm³/mol. The van der Waals surface area contributed by atoms with Gasteiger partial charge in [-0.2, -0.15) is 5.10 Å². The summed E-state index contributed by atoms with van der Waals surface area (Å²) in [5, 5.41) is 23.6. The first-order valence-corrected chi connectivity index (χ1v) is 9.84. The molecule has 0 atom stereocenters. The predicted octanol–water partition coefficient (Wildman–Crippen LogP) is 4.24. The van der Waals surface area contributed by atoms with Gasteiger partial charge in [0.05, 0.1) is 17.1 Å². The summed E-state index contributed by atoms with van der Waals surface area (Å²) in [6.45, 7) is 1.70. The zero-order valence-corrected chi connectivity index (χ0v) is 16.5. The normalized spacial score (nSPS) is 12.9. The maximum Gasteiger partial charge on any atom is 0.252 e. The van der Waals surface area contributed by atoms with Gasteiger partial charge in [-0.05, 0) is 43.3 Å². The van der Waals surface area contributed by atoms with Crippen molar-refractivity contribution in [3.05, 3.63) is 72.3 Å². The van der Waals surface area contributed by atoms with Crippen LogP contribution in [-0.2, 0) is 4.79 Å². The minimum Gasteiger partial charge on any atom is -0.508 e. The van der Waals surface area contributed by atoms with Crippen LogP contribution in [0.3, 0.4) is 0 Å². The number of aromatic hydroxyl groups is 2. The number of fused-ring (bicyclic) bond motifs is 2. The number of rotatable bonds is 4. The third-order valence-electron chi connectivity index (χ3n) is 4.53. The van der Waals surface area contributed by atoms with E-state index in [9.17, 15) is 15.0 Å². The summed E-state index contributed by atoms with van der Waals surface area (Å²) in [7, 11) is 0. The molecule has 0 spiro atoms. The number of hydrogen-bond donors (Lipinski definition) is 3. The first kappa shape index (κ1) is 18.9. The molecule has 3 aromatic carbocycles. The molecule has 3 N–H and O–H groups in total. The van der Waals surface area contributed by atoms with E-state index in [0.717, 1.165) is 21.2 Å². The van der Waals surface area contributed by atoms with Crippen LogP contribution in [0.2, 0.25) is 0 Å². The summed E-state index contributed by atoms with van der Waals surface area (Å²) in [6.07, 6.45) is 0. The fraction of sp³-hybridized carbons (Fsp3) is 0.0909. The minimum absolute atomic E-state index is 0.0104. The van der Waals surface area contributed by atoms with E-state index in [2.05, 4.69) is 10.5 Å². The molecule has 4 rings (SSSR count). The highest BCUT2D eigenvalue weighted by Crippen LogP contribution is 2.47. The van der Waals surface area contributed by atoms with Crippen LogP contribution in [-0.4, -0.2) is 28.4 Å². The lowest BCUT2D eigenvalue weighted by atomic mass is 10.1. The average Bonchev–Trinajstić information content (AvgIpc) is 2.71. The molecule has 3 aromatic rings. The van der Waals surface area contributed by atoms with Crippen molar-refractivity contribution >= 4 is 34.8 Å². The van der Waals surface area contributed by atoms with Gasteiger partial charge in [0.25, 0.3) is 5.91 Å². The van der Waals surface area contributed by atoms with Crippen LogP contribution in [0, 0.1) is 0 Å². The number of nitrogens with one attached hydrogen (secondary N) is 1. The molecule has 1 heterocycles. The number of amides is 1. The second kappa shape index (κ2) is 7.89. The van der Waals surface area contributed by atoms with Gasteiger partial charge in [-0.3, -0.25) is 9.69 Å². The molecule has 1 aliphatic rings. The molecular formula is C22H19N3O3S. The number of hydrazone groups is 1. The van der Waals surface area contributed by atoms with E-state index >= 15 is 0 Å². The summed E-state index contributed by atoms with van der Waals surface area (Å²) in [5.74, 6) is -0.241. The van der Waals surface area contributed by atoms with E-state index in [0.29, 0.717) is 11.3 Å². The Morgan fingerprint density at radius 3 is 2.24 bits per heavy atom. The van der Waals surface area contributed by atoms with Crippen molar-refractivity contribution in [1.82, 2.24) is 5.43 Å². The number of hydrogen-bond acceptors (Lipinski definition) is 6. The van der Waals surface area contributed by atoms with Crippen molar-refractivity contribution in [3.8, 4) is 11.5 Å². The Labute approximate surface area is 172 Å². The molecule has 0 bridgehead atoms. The second-order valence-corrected chi connectivity index (χ2v) is 7.58. The van der Waals surface area contributed by atoms with Gasteiger partial charge in [-0.15, -0.1) is 0 Å². The third-order valence-corrected chi connectivity index (χ3v) is 5.66. The number of para-hydroxylation sites is 2. The summed E-state index contributed by atoms with van der Waals surface area (Å²) in [6, 6.07) is 19.9. The average molecular weight is 405 g/mol. The lowest BCUT2D eigenvalue weighted by molar-refractivity contribution is -0.117. The Morgan fingerprint density at radius 1 is 1.00 bits per heavy atom. The molecule has 7 heteroatoms. The smallest absolute Gasteiger partial charge is 0.252 e. The highest BCUT2D eigenvalue weighted by atomic mass is 32.2. The first-order valence-electron chi connectivity index (χ1n) is 9.03. The minimum atomic E-state index is -0.142. The first-order chi connectivity index (χ1) is 14.0. The molecule has 6 nitrogen and oxygen atoms in total. The van der Waals surface area contributed by atoms with Gasteiger partial charge in [-0.1, -0.05) is 36.0 Å². The van der Waals surface area contributed by atoms with Crippen LogP contribution in [0.4, 0.5) is 11.4 Å². The monoisotopic (exact) mass is 405 g/mol. The van der Waals surface area contributed by atoms with Crippen molar-refractivity contribution < 1.29 is 15.0 Å². The highest BCUT2D eigenvalue weighted by molar-refractivity contribution is 7.99. The van der Waals surface area contributed by atoms with Crippen LogP contribution in [0.25, 0.3) is 0 Å². The van der Waals surface area contributed by atoms with Gasteiger partial charge < -0.3 is 15.6 Å². The second-order valence-electron chi connectivity index (χ2n) is 6.50. The SMILES string of the molecule is C/C(=N/NCC(=O)N1c2ccccc2Sc2ccccc21)c1ccc(O)cc1O. The van der Waals surface area contributed by atoms with Crippen LogP contribution in [0.15, 0.2) is 81.6 Å². The van der Waals surface area contributed by atoms with Gasteiger partial charge in [-0.25, -0.2) is 0 Å². The van der Waals surface area contributed by atoms with Crippen molar-refractivity contribution in [2.24, 2.45) is 5.10 Å². The van der Waals surface area contributed by atoms with E-state index < -0.39 is 0 Å². The topological polar surface area (TPSA) is 85.2 Å². The Kier molecular flexibility index (Phi) is 5.14. The summed E-state index contributed by atoms with van der Waals surface area (Å²) in [5.41, 5.74) is 5.48. The molecule has 0 unspecified atom stereocenters. The van der Waals surface area contributed by atoms with Crippen LogP contribution >= 0.6 is 11.8 Å². The van der Waals surface area contributed by atoms with E-state index in [1.165, 1.54) is 12.1 Å². The highest BCUT2D eigenvalue weighted by Gasteiger charge is 2.27. The number of anilines is 2. The number of benzene rings is 3. The fourth-order valence-corrected chi connectivity index (χ4v) is 4.22. The molecule has 0 saturated heterocycles. The molecule has 0 saturated carbocycles. The molecule has 29 heavy (non-hydrogen) atoms. The largest absolute Gasteiger partial charge is 0.508 e. The van der Waals surface area contributed by atoms with Crippen molar-refractivity contribution in [2.45, 2.75) is 16.7 Å².